The summed E-state index contributed by atoms with van der Waals surface area (Å²) >= 11 is 16.2. The summed E-state index contributed by atoms with van der Waals surface area (Å²) < 4.78 is 34.7. The smallest absolute Gasteiger partial charge is 0.266 e. The number of piperidine rings is 2. The van der Waals surface area contributed by atoms with Crippen molar-refractivity contribution in [1.29, 1.82) is 0 Å². The lowest BCUT2D eigenvalue weighted by Gasteiger charge is -2.48. The lowest BCUT2D eigenvalue weighted by atomic mass is 9.72. The van der Waals surface area contributed by atoms with Gasteiger partial charge in [0.05, 0.1) is 12.5 Å². The Balaban J connectivity index is 1.46. The van der Waals surface area contributed by atoms with Crippen LogP contribution in [0.2, 0.25) is 5.02 Å². The molecule has 3 saturated heterocycles. The van der Waals surface area contributed by atoms with Gasteiger partial charge in [0.2, 0.25) is 5.91 Å². The zero-order valence-corrected chi connectivity index (χ0v) is 28.1. The minimum Gasteiger partial charge on any atom is -0.478 e. The number of likely N-dealkylation sites (tertiary alicyclic amines) is 1. The highest BCUT2D eigenvalue weighted by Crippen LogP contribution is 2.50. The number of nitrogens with one attached hydrogen (secondary N) is 2. The monoisotopic (exact) mass is 734 g/mol. The summed E-state index contributed by atoms with van der Waals surface area (Å²) in [7, 11) is 0. The Labute approximate surface area is 283 Å². The number of allylic oxidation sites excluding steroid dienone is 2. The van der Waals surface area contributed by atoms with Crippen molar-refractivity contribution in [2.75, 3.05) is 13.1 Å². The van der Waals surface area contributed by atoms with E-state index in [0.29, 0.717) is 31.2 Å². The second kappa shape index (κ2) is 12.0. The van der Waals surface area contributed by atoms with Gasteiger partial charge in [-0.25, -0.2) is 8.78 Å². The van der Waals surface area contributed by atoms with Gasteiger partial charge in [0.1, 0.15) is 11.9 Å². The van der Waals surface area contributed by atoms with E-state index in [1.54, 1.807) is 74.7 Å². The highest BCUT2D eigenvalue weighted by Gasteiger charge is 2.62. The van der Waals surface area contributed by atoms with E-state index in [2.05, 4.69) is 26.6 Å². The van der Waals surface area contributed by atoms with Gasteiger partial charge >= 0.3 is 0 Å². The van der Waals surface area contributed by atoms with Crippen molar-refractivity contribution in [2.24, 2.45) is 0 Å². The molecule has 0 saturated carbocycles. The number of carbonyl (C=O) groups excluding carboxylic acids is 3. The summed E-state index contributed by atoms with van der Waals surface area (Å²) in [6.45, 7) is 2.96. The van der Waals surface area contributed by atoms with E-state index < -0.39 is 48.0 Å². The molecule has 4 heterocycles. The maximum absolute atomic E-state index is 14.4. The zero-order valence-electron chi connectivity index (χ0n) is 25.0. The number of amides is 3. The van der Waals surface area contributed by atoms with Crippen LogP contribution in [0.5, 0.6) is 5.75 Å². The molecule has 1 unspecified atom stereocenters. The molecule has 0 aromatic heterocycles. The molecule has 8 nitrogen and oxygen atoms in total. The van der Waals surface area contributed by atoms with Crippen molar-refractivity contribution in [2.45, 2.75) is 62.4 Å². The molecule has 3 amide bonds. The second-order valence-electron chi connectivity index (χ2n) is 12.3. The number of benzene rings is 2. The summed E-state index contributed by atoms with van der Waals surface area (Å²) in [6.07, 6.45) is 5.36. The Morgan fingerprint density at radius 3 is 2.57 bits per heavy atom. The van der Waals surface area contributed by atoms with Crippen molar-refractivity contribution in [3.63, 3.8) is 0 Å². The molecule has 3 fully saturated rings. The maximum atomic E-state index is 14.4. The van der Waals surface area contributed by atoms with Gasteiger partial charge in [0, 0.05) is 52.2 Å². The first kappa shape index (κ1) is 32.5. The number of hydrogen-bond donors (Lipinski definition) is 2. The largest absolute Gasteiger partial charge is 0.478 e. The van der Waals surface area contributed by atoms with Gasteiger partial charge < -0.3 is 25.2 Å². The van der Waals surface area contributed by atoms with Crippen molar-refractivity contribution in [3.05, 3.63) is 92.0 Å². The molecular weight excluding hydrogens is 705 g/mol. The van der Waals surface area contributed by atoms with Crippen LogP contribution in [0.25, 0.3) is 6.08 Å². The first-order valence-corrected chi connectivity index (χ1v) is 16.3. The Bertz CT molecular complexity index is 1700. The number of fused-ring (bicyclic) bond motifs is 2. The maximum Gasteiger partial charge on any atom is 0.266 e. The fourth-order valence-corrected chi connectivity index (χ4v) is 7.33. The van der Waals surface area contributed by atoms with E-state index in [4.69, 9.17) is 27.9 Å². The molecule has 4 aliphatic heterocycles. The Morgan fingerprint density at radius 1 is 1.11 bits per heavy atom. The molecule has 6 rings (SSSR count). The van der Waals surface area contributed by atoms with Gasteiger partial charge in [-0.2, -0.15) is 0 Å². The highest BCUT2D eigenvalue weighted by molar-refractivity contribution is 9.10. The van der Waals surface area contributed by atoms with E-state index in [-0.39, 0.29) is 37.1 Å². The Hall–Kier alpha value is -3.41. The van der Waals surface area contributed by atoms with E-state index >= 15 is 0 Å². The predicted molar refractivity (Wildman–Crippen MR) is 174 cm³/mol. The van der Waals surface area contributed by atoms with E-state index in [1.165, 1.54) is 4.90 Å². The Morgan fingerprint density at radius 2 is 1.85 bits per heavy atom. The zero-order chi connectivity index (χ0) is 33.0. The quantitative estimate of drug-likeness (QED) is 0.376. The summed E-state index contributed by atoms with van der Waals surface area (Å²) in [5.74, 6) is -3.72. The van der Waals surface area contributed by atoms with E-state index in [1.807, 2.05) is 11.0 Å². The number of carbonyl (C=O) groups is 3. The summed E-state index contributed by atoms with van der Waals surface area (Å²) in [6, 6.07) is 11.2. The van der Waals surface area contributed by atoms with Crippen LogP contribution in [0.3, 0.4) is 0 Å². The summed E-state index contributed by atoms with van der Waals surface area (Å²) in [5.41, 5.74) is -1.32. The van der Waals surface area contributed by atoms with Crippen molar-refractivity contribution in [3.8, 4) is 5.75 Å². The molecule has 2 N–H and O–H groups in total. The van der Waals surface area contributed by atoms with Crippen LogP contribution in [0, 0.1) is 0 Å². The first-order valence-electron chi connectivity index (χ1n) is 14.8. The molecule has 0 aliphatic carbocycles. The van der Waals surface area contributed by atoms with E-state index in [0.717, 1.165) is 0 Å². The molecule has 0 bridgehead atoms. The average Bonchev–Trinajstić information content (AvgIpc) is 3.26. The second-order valence-corrected chi connectivity index (χ2v) is 14.1. The third-order valence-corrected chi connectivity index (χ3v) is 9.72. The first-order chi connectivity index (χ1) is 21.7. The molecule has 13 heteroatoms. The van der Waals surface area contributed by atoms with E-state index in [9.17, 15) is 23.2 Å². The van der Waals surface area contributed by atoms with Crippen LogP contribution in [0.15, 0.2) is 75.9 Å². The molecule has 0 radical (unpaired) electrons. The average molecular weight is 736 g/mol. The fraction of sp³-hybridized carbons (Fsp3) is 0.364. The fourth-order valence-electron chi connectivity index (χ4n) is 6.58. The summed E-state index contributed by atoms with van der Waals surface area (Å²) in [4.78, 5) is 44.7. The third kappa shape index (κ3) is 5.93. The van der Waals surface area contributed by atoms with Crippen LogP contribution >= 0.6 is 39.1 Å². The predicted octanol–water partition coefficient (Wildman–Crippen LogP) is 6.31. The molecule has 242 valence electrons. The van der Waals surface area contributed by atoms with Gasteiger partial charge in [-0.15, -0.1) is 0 Å². The molecule has 1 spiro atoms. The number of rotatable bonds is 5. The molecular formula is C33H31BrCl2F2N4O4. The van der Waals surface area contributed by atoms with Crippen LogP contribution < -0.4 is 15.4 Å². The molecule has 46 heavy (non-hydrogen) atoms. The molecule has 2 aromatic rings. The van der Waals surface area contributed by atoms with Gasteiger partial charge in [-0.3, -0.25) is 14.4 Å². The summed E-state index contributed by atoms with van der Waals surface area (Å²) in [5, 5.41) is 7.00. The van der Waals surface area contributed by atoms with Crippen LogP contribution in [0.1, 0.15) is 50.3 Å². The lowest BCUT2D eigenvalue weighted by molar-refractivity contribution is -0.151. The molecule has 3 atom stereocenters. The standard InChI is InChI=1S/C33H31BrCl2F2N4O4/c1-31(2,30(45)41-12-9-32(37,38)10-13-41)46-25-7-6-21(34)17-24(25)28-33(29(44)39-26-18-23(36)8-11-42(26)33)20(16-27(43)40-28)14-19-4-3-5-22(35)15-19/h3-8,11,14-15,17-18,26,28H,9-10,12-13,16H2,1-2H3,(H,39,44)(H,40,43)/b20-14-/t26?,28-,33-/m1/s1. The number of halogens is 5. The topological polar surface area (TPSA) is 91.0 Å². The van der Waals surface area contributed by atoms with Crippen LogP contribution in [-0.4, -0.2) is 63.8 Å². The molecule has 4 aliphatic rings. The van der Waals surface area contributed by atoms with Crippen molar-refractivity contribution < 1.29 is 27.9 Å². The van der Waals surface area contributed by atoms with Crippen molar-refractivity contribution >= 4 is 62.9 Å². The molecule has 2 aromatic carbocycles. The van der Waals surface area contributed by atoms with Gasteiger partial charge in [-0.1, -0.05) is 57.3 Å². The third-order valence-electron chi connectivity index (χ3n) is 8.74. The van der Waals surface area contributed by atoms with Crippen LogP contribution in [0.4, 0.5) is 8.78 Å². The Kier molecular flexibility index (Phi) is 8.48. The number of hydrogen-bond acceptors (Lipinski definition) is 5. The van der Waals surface area contributed by atoms with Gasteiger partial charge in [-0.05, 0) is 67.5 Å². The normalized spacial score (nSPS) is 26.5. The minimum atomic E-state index is -2.81. The van der Waals surface area contributed by atoms with Crippen molar-refractivity contribution in [1.82, 2.24) is 20.4 Å². The van der Waals surface area contributed by atoms with Gasteiger partial charge in [0.15, 0.2) is 11.1 Å². The number of nitrogens with zero attached hydrogens (tertiary/aromatic N) is 2. The van der Waals surface area contributed by atoms with Gasteiger partial charge in [0.25, 0.3) is 17.7 Å². The number of alkyl halides is 2. The van der Waals surface area contributed by atoms with Crippen LogP contribution in [-0.2, 0) is 14.4 Å². The number of ether oxygens (including phenoxy) is 1. The lowest BCUT2D eigenvalue weighted by Crippen LogP contribution is -2.62. The SMILES string of the molecule is CC(C)(Oc1ccc(Br)cc1[C@H]1NC(=O)C/C(=C/c2cccc(Cl)c2)[C@]12C(=O)NC1C=C(Cl)C=CN12)C(=O)N1CCC(F)(F)CC1. The highest BCUT2D eigenvalue weighted by atomic mass is 79.9. The minimum absolute atomic E-state index is 0.0846.